The fraction of sp³-hybridized carbons (Fsp3) is 0.778. The Hall–Kier alpha value is -1.45. The van der Waals surface area contributed by atoms with E-state index in [0.29, 0.717) is 0 Å². The Balaban J connectivity index is 6.59. The van der Waals surface area contributed by atoms with Gasteiger partial charge in [-0.3, -0.25) is 0 Å². The molecule has 0 aromatic heterocycles. The lowest BCUT2D eigenvalue weighted by Gasteiger charge is -2.40. The van der Waals surface area contributed by atoms with Gasteiger partial charge in [-0.1, -0.05) is 0 Å². The SMILES string of the molecule is FC(F)=C(F)C(F)(F)C(F)(F)C(F)(F)C(F)(F)C(F)(F)C(F)(F)C(F)F. The van der Waals surface area contributed by atoms with Crippen LogP contribution < -0.4 is 0 Å². The zero-order chi connectivity index (χ0) is 21.7. The molecule has 0 atom stereocenters. The van der Waals surface area contributed by atoms with Crippen molar-refractivity contribution in [2.24, 2.45) is 0 Å². The van der Waals surface area contributed by atoms with Crippen molar-refractivity contribution >= 4 is 0 Å². The van der Waals surface area contributed by atoms with Crippen molar-refractivity contribution in [1.82, 2.24) is 0 Å². The predicted octanol–water partition coefficient (Wildman–Crippen LogP) is 6.14. The van der Waals surface area contributed by atoms with E-state index in [1.165, 1.54) is 0 Å². The van der Waals surface area contributed by atoms with E-state index in [1.54, 1.807) is 0 Å². The molecule has 0 nitrogen and oxygen atoms in total. The van der Waals surface area contributed by atoms with Gasteiger partial charge in [0.25, 0.3) is 0 Å². The molecular weight excluding hydrogens is 431 g/mol. The van der Waals surface area contributed by atoms with Crippen molar-refractivity contribution in [1.29, 1.82) is 0 Å². The van der Waals surface area contributed by atoms with Gasteiger partial charge in [0.15, 0.2) is 0 Å². The Morgan fingerprint density at radius 1 is 0.500 bits per heavy atom. The van der Waals surface area contributed by atoms with Crippen molar-refractivity contribution in [3.63, 3.8) is 0 Å². The van der Waals surface area contributed by atoms with Crippen LogP contribution in [0.4, 0.5) is 74.6 Å². The fourth-order valence-corrected chi connectivity index (χ4v) is 1.19. The smallest absolute Gasteiger partial charge is 0.203 e. The van der Waals surface area contributed by atoms with E-state index in [4.69, 9.17) is 0 Å². The zero-order valence-corrected chi connectivity index (χ0v) is 11.0. The molecule has 0 heterocycles. The van der Waals surface area contributed by atoms with E-state index >= 15 is 0 Å². The molecular formula is C9HF17. The topological polar surface area (TPSA) is 0 Å². The molecule has 17 heteroatoms. The normalized spacial score (nSPS) is 15.5. The minimum atomic E-state index is -8.42. The first-order valence-electron chi connectivity index (χ1n) is 5.31. The number of alkyl halides is 14. The Labute approximate surface area is 130 Å². The van der Waals surface area contributed by atoms with E-state index in [9.17, 15) is 74.6 Å². The molecule has 0 unspecified atom stereocenters. The lowest BCUT2D eigenvalue weighted by molar-refractivity contribution is -0.430. The van der Waals surface area contributed by atoms with Gasteiger partial charge in [-0.05, 0) is 0 Å². The third kappa shape index (κ3) is 2.95. The Morgan fingerprint density at radius 2 is 0.808 bits per heavy atom. The molecule has 0 aromatic carbocycles. The molecule has 0 saturated carbocycles. The van der Waals surface area contributed by atoms with Crippen molar-refractivity contribution in [3.8, 4) is 0 Å². The van der Waals surface area contributed by atoms with Gasteiger partial charge in [0.2, 0.25) is 5.83 Å². The first-order chi connectivity index (χ1) is 11.0. The third-order valence-electron chi connectivity index (χ3n) is 2.71. The summed E-state index contributed by atoms with van der Waals surface area (Å²) in [5, 5.41) is 0. The second-order valence-electron chi connectivity index (χ2n) is 4.37. The molecule has 0 aliphatic rings. The Bertz CT molecular complexity index is 551. The molecule has 0 aliphatic carbocycles. The molecule has 0 amide bonds. The Morgan fingerprint density at radius 3 is 1.08 bits per heavy atom. The van der Waals surface area contributed by atoms with E-state index in [-0.39, 0.29) is 0 Å². The van der Waals surface area contributed by atoms with Crippen LogP contribution in [0, 0.1) is 0 Å². The summed E-state index contributed by atoms with van der Waals surface area (Å²) < 4.78 is 211. The van der Waals surface area contributed by atoms with Crippen LogP contribution in [-0.4, -0.2) is 42.0 Å². The van der Waals surface area contributed by atoms with E-state index in [0.717, 1.165) is 0 Å². The molecule has 26 heavy (non-hydrogen) atoms. The number of hydrogen-bond acceptors (Lipinski definition) is 0. The highest BCUT2D eigenvalue weighted by Crippen LogP contribution is 2.62. The van der Waals surface area contributed by atoms with Crippen molar-refractivity contribution < 1.29 is 74.6 Å². The van der Waals surface area contributed by atoms with Gasteiger partial charge in [-0.2, -0.15) is 65.9 Å². The monoisotopic (exact) mass is 432 g/mol. The van der Waals surface area contributed by atoms with Crippen LogP contribution in [0.15, 0.2) is 11.9 Å². The number of rotatable bonds is 7. The minimum Gasteiger partial charge on any atom is -0.203 e. The minimum absolute atomic E-state index is 4.47. The van der Waals surface area contributed by atoms with Crippen LogP contribution in [-0.2, 0) is 0 Å². The van der Waals surface area contributed by atoms with Gasteiger partial charge in [-0.15, -0.1) is 0 Å². The zero-order valence-electron chi connectivity index (χ0n) is 11.0. The van der Waals surface area contributed by atoms with Crippen LogP contribution in [0.5, 0.6) is 0 Å². The molecule has 0 aromatic rings. The summed E-state index contributed by atoms with van der Waals surface area (Å²) in [5.41, 5.74) is 0. The quantitative estimate of drug-likeness (QED) is 0.424. The van der Waals surface area contributed by atoms with Crippen molar-refractivity contribution in [2.75, 3.05) is 0 Å². The van der Waals surface area contributed by atoms with Crippen LogP contribution in [0.1, 0.15) is 0 Å². The summed E-state index contributed by atoms with van der Waals surface area (Å²) >= 11 is 0. The van der Waals surface area contributed by atoms with Gasteiger partial charge < -0.3 is 0 Å². The molecule has 0 radical (unpaired) electrons. The maximum absolute atomic E-state index is 12.9. The summed E-state index contributed by atoms with van der Waals surface area (Å²) in [6.07, 6.45) is -10.4. The average Bonchev–Trinajstić information content (AvgIpc) is 2.44. The highest BCUT2D eigenvalue weighted by atomic mass is 19.4. The molecule has 156 valence electrons. The van der Waals surface area contributed by atoms with Crippen LogP contribution in [0.3, 0.4) is 0 Å². The summed E-state index contributed by atoms with van der Waals surface area (Å²) in [6.45, 7) is 0. The summed E-state index contributed by atoms with van der Waals surface area (Å²) in [4.78, 5) is 0. The lowest BCUT2D eigenvalue weighted by Crippen LogP contribution is -2.71. The van der Waals surface area contributed by atoms with E-state index in [2.05, 4.69) is 0 Å². The van der Waals surface area contributed by atoms with Crippen LogP contribution >= 0.6 is 0 Å². The summed E-state index contributed by atoms with van der Waals surface area (Å²) in [6, 6.07) is 0. The molecule has 0 N–H and O–H groups in total. The number of halogens is 17. The molecule has 0 spiro atoms. The second-order valence-corrected chi connectivity index (χ2v) is 4.37. The van der Waals surface area contributed by atoms with Gasteiger partial charge in [-0.25, -0.2) is 8.78 Å². The summed E-state index contributed by atoms with van der Waals surface area (Å²) in [7, 11) is 0. The standard InChI is InChI=1S/C9HF17/c10-1(2(11)12)4(15,16)6(19,20)8(23,24)9(25,26)7(21,22)5(17,18)3(13)14/h3H. The molecule has 0 bridgehead atoms. The maximum atomic E-state index is 12.9. The van der Waals surface area contributed by atoms with Crippen LogP contribution in [0.25, 0.3) is 0 Å². The van der Waals surface area contributed by atoms with Crippen molar-refractivity contribution in [3.05, 3.63) is 11.9 Å². The number of hydrogen-bond donors (Lipinski definition) is 0. The van der Waals surface area contributed by atoms with Gasteiger partial charge in [0, 0.05) is 0 Å². The van der Waals surface area contributed by atoms with E-state index < -0.39 is 53.9 Å². The number of allylic oxidation sites excluding steroid dienone is 1. The molecule has 0 rings (SSSR count). The van der Waals surface area contributed by atoms with Gasteiger partial charge in [0.1, 0.15) is 0 Å². The van der Waals surface area contributed by atoms with Crippen LogP contribution in [0.2, 0.25) is 0 Å². The Kier molecular flexibility index (Phi) is 5.96. The predicted molar refractivity (Wildman–Crippen MR) is 46.0 cm³/mol. The first kappa shape index (κ1) is 24.6. The lowest BCUT2D eigenvalue weighted by atomic mass is 9.91. The average molecular weight is 432 g/mol. The van der Waals surface area contributed by atoms with E-state index in [1.807, 2.05) is 0 Å². The highest BCUT2D eigenvalue weighted by Gasteiger charge is 2.91. The van der Waals surface area contributed by atoms with Gasteiger partial charge >= 0.3 is 48.0 Å². The van der Waals surface area contributed by atoms with Crippen molar-refractivity contribution in [2.45, 2.75) is 42.0 Å². The highest BCUT2D eigenvalue weighted by molar-refractivity contribution is 5.19. The largest absolute Gasteiger partial charge is 0.385 e. The molecule has 0 fully saturated rings. The molecule has 0 aliphatic heterocycles. The summed E-state index contributed by atoms with van der Waals surface area (Å²) in [5.74, 6) is -53.0. The maximum Gasteiger partial charge on any atom is 0.385 e. The second kappa shape index (κ2) is 6.31. The van der Waals surface area contributed by atoms with Gasteiger partial charge in [0.05, 0.1) is 0 Å². The third-order valence-corrected chi connectivity index (χ3v) is 2.71. The fourth-order valence-electron chi connectivity index (χ4n) is 1.19. The first-order valence-corrected chi connectivity index (χ1v) is 5.31. The molecule has 0 saturated heterocycles.